The van der Waals surface area contributed by atoms with Crippen molar-refractivity contribution in [3.8, 4) is 17.3 Å². The monoisotopic (exact) mass is 404 g/mol. The van der Waals surface area contributed by atoms with Crippen LogP contribution in [0.4, 0.5) is 16.2 Å². The second-order valence-electron chi connectivity index (χ2n) is 6.33. The summed E-state index contributed by atoms with van der Waals surface area (Å²) in [6.07, 6.45) is 1.91. The van der Waals surface area contributed by atoms with Crippen molar-refractivity contribution in [2.45, 2.75) is 13.3 Å². The highest BCUT2D eigenvalue weighted by atomic mass is 16.5. The molecule has 0 saturated heterocycles. The Hall–Kier alpha value is -4.07. The van der Waals surface area contributed by atoms with E-state index >= 15 is 0 Å². The molecule has 0 aliphatic carbocycles. The van der Waals surface area contributed by atoms with E-state index in [1.54, 1.807) is 30.5 Å². The van der Waals surface area contributed by atoms with Crippen molar-refractivity contribution >= 4 is 17.4 Å². The summed E-state index contributed by atoms with van der Waals surface area (Å²) in [5.74, 6) is 1.94. The number of nitrogens with one attached hydrogen (secondary N) is 2. The van der Waals surface area contributed by atoms with Gasteiger partial charge in [-0.15, -0.1) is 0 Å². The van der Waals surface area contributed by atoms with E-state index in [4.69, 9.17) is 13.7 Å². The largest absolute Gasteiger partial charge is 0.492 e. The molecule has 4 rings (SSSR count). The molecule has 30 heavy (non-hydrogen) atoms. The van der Waals surface area contributed by atoms with Gasteiger partial charge in [-0.2, -0.15) is 4.98 Å². The second kappa shape index (κ2) is 8.95. The van der Waals surface area contributed by atoms with Gasteiger partial charge < -0.3 is 24.3 Å². The fraction of sp³-hybridized carbons (Fsp3) is 0.136. The third-order valence-corrected chi connectivity index (χ3v) is 4.25. The lowest BCUT2D eigenvalue weighted by Crippen LogP contribution is -2.20. The van der Waals surface area contributed by atoms with Crippen LogP contribution >= 0.6 is 0 Å². The van der Waals surface area contributed by atoms with E-state index in [2.05, 4.69) is 20.8 Å². The van der Waals surface area contributed by atoms with Crippen LogP contribution < -0.4 is 15.4 Å². The van der Waals surface area contributed by atoms with Crippen LogP contribution in [0.2, 0.25) is 0 Å². The Labute approximate surface area is 172 Å². The van der Waals surface area contributed by atoms with E-state index in [-0.39, 0.29) is 6.03 Å². The standard InChI is InChI=1S/C22H20N4O4/c1-2-28-18-11-6-5-10-17(18)24-22(27)23-16-9-4-3-8-15(16)14-20-25-21(26-30-20)19-12-7-13-29-19/h3-13H,2,14H2,1H3,(H2,23,24,27). The summed E-state index contributed by atoms with van der Waals surface area (Å²) >= 11 is 0. The number of aromatic nitrogens is 2. The molecule has 8 nitrogen and oxygen atoms in total. The smallest absolute Gasteiger partial charge is 0.323 e. The van der Waals surface area contributed by atoms with Gasteiger partial charge in [-0.1, -0.05) is 35.5 Å². The van der Waals surface area contributed by atoms with Gasteiger partial charge in [-0.05, 0) is 42.8 Å². The van der Waals surface area contributed by atoms with Crippen LogP contribution in [0.5, 0.6) is 5.75 Å². The van der Waals surface area contributed by atoms with E-state index in [0.29, 0.717) is 47.6 Å². The molecule has 2 amide bonds. The van der Waals surface area contributed by atoms with Gasteiger partial charge in [0.25, 0.3) is 0 Å². The highest BCUT2D eigenvalue weighted by Crippen LogP contribution is 2.25. The third kappa shape index (κ3) is 4.49. The first-order valence-corrected chi connectivity index (χ1v) is 9.47. The molecule has 0 radical (unpaired) electrons. The summed E-state index contributed by atoms with van der Waals surface area (Å²) in [5.41, 5.74) is 2.07. The maximum Gasteiger partial charge on any atom is 0.323 e. The number of nitrogens with zero attached hydrogens (tertiary/aromatic N) is 2. The minimum absolute atomic E-state index is 0.361. The molecule has 2 aromatic carbocycles. The number of benzene rings is 2. The molecule has 0 aliphatic rings. The fourth-order valence-electron chi connectivity index (χ4n) is 2.92. The van der Waals surface area contributed by atoms with Crippen LogP contribution in [-0.4, -0.2) is 22.8 Å². The topological polar surface area (TPSA) is 102 Å². The Morgan fingerprint density at radius 3 is 2.57 bits per heavy atom. The highest BCUT2D eigenvalue weighted by Gasteiger charge is 2.14. The van der Waals surface area contributed by atoms with Crippen molar-refractivity contribution in [3.63, 3.8) is 0 Å². The minimum atomic E-state index is -0.378. The van der Waals surface area contributed by atoms with Gasteiger partial charge in [0.2, 0.25) is 11.7 Å². The van der Waals surface area contributed by atoms with E-state index in [0.717, 1.165) is 5.56 Å². The lowest BCUT2D eigenvalue weighted by atomic mass is 10.1. The fourth-order valence-corrected chi connectivity index (χ4v) is 2.92. The lowest BCUT2D eigenvalue weighted by molar-refractivity contribution is 0.262. The molecule has 2 heterocycles. The quantitative estimate of drug-likeness (QED) is 0.451. The Bertz CT molecular complexity index is 1120. The van der Waals surface area contributed by atoms with Crippen molar-refractivity contribution < 1.29 is 18.5 Å². The van der Waals surface area contributed by atoms with E-state index in [9.17, 15) is 4.79 Å². The summed E-state index contributed by atoms with van der Waals surface area (Å²) < 4.78 is 16.2. The first kappa shape index (κ1) is 19.3. The number of carbonyl (C=O) groups excluding carboxylic acids is 1. The first-order chi connectivity index (χ1) is 14.7. The molecule has 0 saturated carbocycles. The van der Waals surface area contributed by atoms with Gasteiger partial charge in [0.1, 0.15) is 5.75 Å². The maximum absolute atomic E-state index is 12.6. The zero-order valence-electron chi connectivity index (χ0n) is 16.3. The molecule has 0 spiro atoms. The Balaban J connectivity index is 1.47. The van der Waals surface area contributed by atoms with Crippen LogP contribution in [-0.2, 0) is 6.42 Å². The van der Waals surface area contributed by atoms with Crippen LogP contribution in [0.15, 0.2) is 75.9 Å². The number of anilines is 2. The van der Waals surface area contributed by atoms with Gasteiger partial charge in [-0.25, -0.2) is 4.79 Å². The van der Waals surface area contributed by atoms with Gasteiger partial charge in [0.15, 0.2) is 5.76 Å². The van der Waals surface area contributed by atoms with E-state index in [1.807, 2.05) is 43.3 Å². The zero-order chi connectivity index (χ0) is 20.8. The number of urea groups is 1. The summed E-state index contributed by atoms with van der Waals surface area (Å²) in [7, 11) is 0. The van der Waals surface area contributed by atoms with E-state index < -0.39 is 0 Å². The van der Waals surface area contributed by atoms with Gasteiger partial charge >= 0.3 is 6.03 Å². The Morgan fingerprint density at radius 1 is 1.00 bits per heavy atom. The molecule has 4 aromatic rings. The average Bonchev–Trinajstić information content (AvgIpc) is 3.43. The number of ether oxygens (including phenoxy) is 1. The van der Waals surface area contributed by atoms with Crippen LogP contribution in [0.25, 0.3) is 11.6 Å². The second-order valence-corrected chi connectivity index (χ2v) is 6.33. The zero-order valence-corrected chi connectivity index (χ0v) is 16.3. The summed E-state index contributed by atoms with van der Waals surface area (Å²) in [6.45, 7) is 2.40. The number of para-hydroxylation sites is 3. The normalized spacial score (nSPS) is 10.6. The number of amides is 2. The van der Waals surface area contributed by atoms with Gasteiger partial charge in [0.05, 0.1) is 25.0 Å². The molecule has 0 bridgehead atoms. The molecule has 0 atom stereocenters. The molecule has 0 aliphatic heterocycles. The van der Waals surface area contributed by atoms with Crippen LogP contribution in [0.1, 0.15) is 18.4 Å². The first-order valence-electron chi connectivity index (χ1n) is 9.47. The molecular weight excluding hydrogens is 384 g/mol. The number of hydrogen-bond donors (Lipinski definition) is 2. The Morgan fingerprint density at radius 2 is 1.77 bits per heavy atom. The Kier molecular flexibility index (Phi) is 5.75. The molecule has 152 valence electrons. The maximum atomic E-state index is 12.6. The third-order valence-electron chi connectivity index (χ3n) is 4.25. The van der Waals surface area contributed by atoms with E-state index in [1.165, 1.54) is 0 Å². The summed E-state index contributed by atoms with van der Waals surface area (Å²) in [5, 5.41) is 9.62. The average molecular weight is 404 g/mol. The number of rotatable bonds is 7. The molecule has 8 heteroatoms. The predicted octanol–water partition coefficient (Wildman–Crippen LogP) is 4.96. The summed E-state index contributed by atoms with van der Waals surface area (Å²) in [4.78, 5) is 16.9. The molecule has 0 unspecified atom stereocenters. The van der Waals surface area contributed by atoms with Crippen molar-refractivity contribution in [2.75, 3.05) is 17.2 Å². The van der Waals surface area contributed by atoms with Crippen molar-refractivity contribution in [1.29, 1.82) is 0 Å². The van der Waals surface area contributed by atoms with Crippen LogP contribution in [0.3, 0.4) is 0 Å². The number of carbonyl (C=O) groups is 1. The van der Waals surface area contributed by atoms with Crippen molar-refractivity contribution in [1.82, 2.24) is 10.1 Å². The van der Waals surface area contributed by atoms with Crippen molar-refractivity contribution in [3.05, 3.63) is 78.4 Å². The lowest BCUT2D eigenvalue weighted by Gasteiger charge is -2.13. The van der Waals surface area contributed by atoms with Crippen LogP contribution in [0, 0.1) is 0 Å². The summed E-state index contributed by atoms with van der Waals surface area (Å²) in [6, 6.07) is 17.8. The SMILES string of the molecule is CCOc1ccccc1NC(=O)Nc1ccccc1Cc1nc(-c2ccco2)no1. The highest BCUT2D eigenvalue weighted by molar-refractivity contribution is 6.01. The minimum Gasteiger partial charge on any atom is -0.492 e. The predicted molar refractivity (Wildman–Crippen MR) is 112 cm³/mol. The molecule has 2 N–H and O–H groups in total. The van der Waals surface area contributed by atoms with Gasteiger partial charge in [-0.3, -0.25) is 0 Å². The number of hydrogen-bond acceptors (Lipinski definition) is 6. The molecular formula is C22H20N4O4. The number of furan rings is 1. The van der Waals surface area contributed by atoms with Crippen molar-refractivity contribution in [2.24, 2.45) is 0 Å². The molecule has 0 fully saturated rings. The molecule has 2 aromatic heterocycles. The van der Waals surface area contributed by atoms with Gasteiger partial charge in [0, 0.05) is 5.69 Å².